The summed E-state index contributed by atoms with van der Waals surface area (Å²) >= 11 is 1.80. The van der Waals surface area contributed by atoms with Gasteiger partial charge in [0.2, 0.25) is 0 Å². The largest absolute Gasteiger partial charge is 0.456 e. The Morgan fingerprint density at radius 2 is 1.35 bits per heavy atom. The Bertz CT molecular complexity index is 1940. The Hall–Kier alpha value is -4.28. The third-order valence-corrected chi connectivity index (χ3v) is 7.76. The number of ether oxygens (including phenoxy) is 1. The second-order valence-corrected chi connectivity index (χ2v) is 9.67. The van der Waals surface area contributed by atoms with Crippen LogP contribution in [-0.2, 0) is 0 Å². The van der Waals surface area contributed by atoms with Crippen molar-refractivity contribution in [3.8, 4) is 34.1 Å². The van der Waals surface area contributed by atoms with Crippen molar-refractivity contribution in [1.82, 2.24) is 9.97 Å². The zero-order chi connectivity index (χ0) is 22.2. The maximum Gasteiger partial charge on any atom is 0.161 e. The summed E-state index contributed by atoms with van der Waals surface area (Å²) in [6, 6.07) is 33.4. The standard InChI is InChI=1S/C30H16N2OS/c1-2-8-17(9-3-1)29-19-10-4-5-12-21(19)31-30(32-29)20-16-25-28-26-18(20)11-6-13-22(26)33-23-14-7-15-24(34-25)27(23)28/h1-16H. The summed E-state index contributed by atoms with van der Waals surface area (Å²) in [7, 11) is 0. The highest BCUT2D eigenvalue weighted by Gasteiger charge is 2.24. The van der Waals surface area contributed by atoms with Gasteiger partial charge in [0.1, 0.15) is 11.5 Å². The van der Waals surface area contributed by atoms with Crippen LogP contribution in [0.2, 0.25) is 0 Å². The Morgan fingerprint density at radius 1 is 0.588 bits per heavy atom. The summed E-state index contributed by atoms with van der Waals surface area (Å²) in [5.74, 6) is 2.57. The summed E-state index contributed by atoms with van der Waals surface area (Å²) < 4.78 is 8.84. The molecule has 0 bridgehead atoms. The molecular formula is C30H16N2OS. The molecule has 0 aliphatic carbocycles. The molecule has 34 heavy (non-hydrogen) atoms. The second-order valence-electron chi connectivity index (χ2n) is 8.59. The maximum atomic E-state index is 6.36. The molecule has 5 aromatic carbocycles. The van der Waals surface area contributed by atoms with Gasteiger partial charge in [-0.2, -0.15) is 0 Å². The average Bonchev–Trinajstić information content (AvgIpc) is 3.28. The Kier molecular flexibility index (Phi) is 3.54. The minimum absolute atomic E-state index is 0.736. The second kappa shape index (κ2) is 6.62. The molecule has 4 heteroatoms. The number of fused-ring (bicyclic) bond motifs is 1. The topological polar surface area (TPSA) is 35.0 Å². The predicted octanol–water partition coefficient (Wildman–Crippen LogP) is 8.59. The van der Waals surface area contributed by atoms with E-state index < -0.39 is 0 Å². The maximum absolute atomic E-state index is 6.36. The van der Waals surface area contributed by atoms with E-state index in [9.17, 15) is 0 Å². The van der Waals surface area contributed by atoms with E-state index in [4.69, 9.17) is 14.7 Å². The van der Waals surface area contributed by atoms with Crippen molar-refractivity contribution in [1.29, 1.82) is 0 Å². The van der Waals surface area contributed by atoms with E-state index in [1.54, 1.807) is 11.3 Å². The first-order valence-electron chi connectivity index (χ1n) is 11.3. The van der Waals surface area contributed by atoms with Crippen LogP contribution in [-0.4, -0.2) is 9.97 Å². The lowest BCUT2D eigenvalue weighted by molar-refractivity contribution is 0.493. The third kappa shape index (κ3) is 2.40. The van der Waals surface area contributed by atoms with E-state index in [0.717, 1.165) is 55.8 Å². The highest BCUT2D eigenvalue weighted by atomic mass is 32.1. The van der Waals surface area contributed by atoms with Crippen LogP contribution in [0.5, 0.6) is 11.5 Å². The molecule has 0 unspecified atom stereocenters. The first kappa shape index (κ1) is 18.2. The summed E-state index contributed by atoms with van der Waals surface area (Å²) in [5.41, 5.74) is 4.01. The van der Waals surface area contributed by atoms with Gasteiger partial charge in [0.15, 0.2) is 5.82 Å². The van der Waals surface area contributed by atoms with E-state index in [-0.39, 0.29) is 0 Å². The Morgan fingerprint density at radius 3 is 2.26 bits per heavy atom. The van der Waals surface area contributed by atoms with Gasteiger partial charge in [-0.05, 0) is 35.7 Å². The highest BCUT2D eigenvalue weighted by molar-refractivity contribution is 7.26. The minimum atomic E-state index is 0.736. The van der Waals surface area contributed by atoms with Gasteiger partial charge in [-0.1, -0.05) is 66.7 Å². The highest BCUT2D eigenvalue weighted by Crippen LogP contribution is 2.52. The first-order chi connectivity index (χ1) is 16.8. The van der Waals surface area contributed by atoms with Crippen molar-refractivity contribution in [2.24, 2.45) is 0 Å². The number of aromatic nitrogens is 2. The van der Waals surface area contributed by atoms with Crippen molar-refractivity contribution in [2.75, 3.05) is 0 Å². The molecule has 8 rings (SSSR count). The van der Waals surface area contributed by atoms with Crippen LogP contribution in [0.25, 0.3) is 64.5 Å². The Labute approximate surface area is 198 Å². The summed E-state index contributed by atoms with van der Waals surface area (Å²) in [6.07, 6.45) is 0. The number of hydrogen-bond donors (Lipinski definition) is 0. The quantitative estimate of drug-likeness (QED) is 0.263. The van der Waals surface area contributed by atoms with Gasteiger partial charge < -0.3 is 4.74 Å². The van der Waals surface area contributed by atoms with Crippen LogP contribution in [0.15, 0.2) is 97.1 Å². The first-order valence-corrected chi connectivity index (χ1v) is 12.1. The van der Waals surface area contributed by atoms with Crippen LogP contribution in [0, 0.1) is 0 Å². The van der Waals surface area contributed by atoms with E-state index >= 15 is 0 Å². The van der Waals surface area contributed by atoms with Crippen LogP contribution >= 0.6 is 11.3 Å². The molecule has 0 atom stereocenters. The molecule has 0 N–H and O–H groups in total. The van der Waals surface area contributed by atoms with Gasteiger partial charge in [-0.3, -0.25) is 0 Å². The van der Waals surface area contributed by atoms with E-state index in [0.29, 0.717) is 0 Å². The molecule has 0 saturated heterocycles. The lowest BCUT2D eigenvalue weighted by Gasteiger charge is -2.18. The summed E-state index contributed by atoms with van der Waals surface area (Å²) in [6.45, 7) is 0. The molecule has 3 nitrogen and oxygen atoms in total. The minimum Gasteiger partial charge on any atom is -0.456 e. The molecule has 0 saturated carbocycles. The molecule has 1 aliphatic rings. The van der Waals surface area contributed by atoms with Crippen molar-refractivity contribution in [3.63, 3.8) is 0 Å². The fourth-order valence-corrected chi connectivity index (χ4v) is 6.37. The molecule has 0 radical (unpaired) electrons. The summed E-state index contributed by atoms with van der Waals surface area (Å²) in [5, 5.41) is 5.81. The molecule has 0 amide bonds. The normalized spacial score (nSPS) is 12.4. The molecule has 3 heterocycles. The van der Waals surface area contributed by atoms with Gasteiger partial charge >= 0.3 is 0 Å². The smallest absolute Gasteiger partial charge is 0.161 e. The lowest BCUT2D eigenvalue weighted by Crippen LogP contribution is -1.97. The third-order valence-electron chi connectivity index (χ3n) is 6.66. The number of rotatable bonds is 2. The summed E-state index contributed by atoms with van der Waals surface area (Å²) in [4.78, 5) is 10.2. The van der Waals surface area contributed by atoms with Gasteiger partial charge in [0, 0.05) is 42.1 Å². The van der Waals surface area contributed by atoms with Crippen LogP contribution < -0.4 is 4.74 Å². The molecular weight excluding hydrogens is 436 g/mol. The van der Waals surface area contributed by atoms with Gasteiger partial charge in [-0.15, -0.1) is 11.3 Å². The fraction of sp³-hybridized carbons (Fsp3) is 0. The van der Waals surface area contributed by atoms with E-state index in [2.05, 4.69) is 78.9 Å². The zero-order valence-corrected chi connectivity index (χ0v) is 18.8. The number of nitrogens with zero attached hydrogens (tertiary/aromatic N) is 2. The van der Waals surface area contributed by atoms with E-state index in [1.807, 2.05) is 18.2 Å². The van der Waals surface area contributed by atoms with Gasteiger partial charge in [0.25, 0.3) is 0 Å². The van der Waals surface area contributed by atoms with Crippen molar-refractivity contribution in [2.45, 2.75) is 0 Å². The number of benzene rings is 5. The lowest BCUT2D eigenvalue weighted by atomic mass is 9.96. The monoisotopic (exact) mass is 452 g/mol. The zero-order valence-electron chi connectivity index (χ0n) is 17.9. The molecule has 0 fully saturated rings. The number of hydrogen-bond acceptors (Lipinski definition) is 4. The van der Waals surface area contributed by atoms with Crippen LogP contribution in [0.3, 0.4) is 0 Å². The fourth-order valence-electron chi connectivity index (χ4n) is 5.19. The molecule has 2 aromatic heterocycles. The van der Waals surface area contributed by atoms with Gasteiger partial charge in [0.05, 0.1) is 11.2 Å². The molecule has 0 spiro atoms. The SMILES string of the molecule is c1ccc(-c2nc(-c3cc4sc5cccc6c5c4c4c(cccc34)O6)nc3ccccc23)cc1. The molecule has 1 aliphatic heterocycles. The predicted molar refractivity (Wildman–Crippen MR) is 141 cm³/mol. The Balaban J connectivity index is 1.52. The molecule has 7 aromatic rings. The average molecular weight is 453 g/mol. The van der Waals surface area contributed by atoms with Crippen LogP contribution in [0.1, 0.15) is 0 Å². The van der Waals surface area contributed by atoms with Gasteiger partial charge in [-0.25, -0.2) is 9.97 Å². The number of para-hydroxylation sites is 1. The van der Waals surface area contributed by atoms with Crippen molar-refractivity contribution >= 4 is 53.2 Å². The number of thiophene rings is 1. The van der Waals surface area contributed by atoms with E-state index in [1.165, 1.54) is 20.2 Å². The van der Waals surface area contributed by atoms with Crippen LogP contribution in [0.4, 0.5) is 0 Å². The van der Waals surface area contributed by atoms with Crippen molar-refractivity contribution < 1.29 is 4.74 Å². The molecule has 158 valence electrons. The van der Waals surface area contributed by atoms with Crippen molar-refractivity contribution in [3.05, 3.63) is 97.1 Å².